The van der Waals surface area contributed by atoms with Crippen molar-refractivity contribution in [2.75, 3.05) is 7.11 Å². The summed E-state index contributed by atoms with van der Waals surface area (Å²) < 4.78 is 10.7. The molecule has 5 nitrogen and oxygen atoms in total. The third kappa shape index (κ3) is 3.14. The van der Waals surface area contributed by atoms with Crippen molar-refractivity contribution in [2.45, 2.75) is 46.0 Å². The van der Waals surface area contributed by atoms with E-state index in [2.05, 4.69) is 6.92 Å². The van der Waals surface area contributed by atoms with Crippen LogP contribution in [-0.4, -0.2) is 18.9 Å². The average molecular weight is 355 g/mol. The van der Waals surface area contributed by atoms with Crippen LogP contribution in [0.25, 0.3) is 0 Å². The van der Waals surface area contributed by atoms with Crippen molar-refractivity contribution in [2.24, 2.45) is 11.1 Å². The normalized spacial score (nSPS) is 22.0. The highest BCUT2D eigenvalue weighted by Crippen LogP contribution is 2.48. The first-order valence-corrected chi connectivity index (χ1v) is 8.88. The van der Waals surface area contributed by atoms with Crippen molar-refractivity contribution in [3.8, 4) is 0 Å². The number of esters is 1. The molecule has 0 fully saturated rings. The van der Waals surface area contributed by atoms with Crippen molar-refractivity contribution in [1.82, 2.24) is 0 Å². The molecule has 0 unspecified atom stereocenters. The fourth-order valence-corrected chi connectivity index (χ4v) is 3.77. The lowest BCUT2D eigenvalue weighted by Gasteiger charge is -2.37. The van der Waals surface area contributed by atoms with Gasteiger partial charge in [-0.15, -0.1) is 0 Å². The van der Waals surface area contributed by atoms with Gasteiger partial charge in [-0.2, -0.15) is 0 Å². The number of Topliss-reactive ketones (excluding diaryl/α,β-unsaturated/α-hetero) is 1. The van der Waals surface area contributed by atoms with E-state index in [1.54, 1.807) is 0 Å². The minimum atomic E-state index is -0.573. The molecule has 0 saturated heterocycles. The quantitative estimate of drug-likeness (QED) is 0.841. The Labute approximate surface area is 153 Å². The second-order valence-electron chi connectivity index (χ2n) is 7.68. The van der Waals surface area contributed by atoms with Gasteiger partial charge in [-0.25, -0.2) is 4.79 Å². The van der Waals surface area contributed by atoms with E-state index in [1.165, 1.54) is 12.7 Å². The van der Waals surface area contributed by atoms with Crippen LogP contribution < -0.4 is 5.73 Å². The predicted octanol–water partition coefficient (Wildman–Crippen LogP) is 3.35. The van der Waals surface area contributed by atoms with Crippen molar-refractivity contribution in [1.29, 1.82) is 0 Å². The molecule has 1 aromatic carbocycles. The van der Waals surface area contributed by atoms with Crippen molar-refractivity contribution in [3.63, 3.8) is 0 Å². The Hall–Kier alpha value is -2.56. The van der Waals surface area contributed by atoms with Crippen LogP contribution in [0.3, 0.4) is 0 Å². The van der Waals surface area contributed by atoms with Gasteiger partial charge in [-0.05, 0) is 23.0 Å². The highest BCUT2D eigenvalue weighted by atomic mass is 16.5. The first kappa shape index (κ1) is 18.2. The van der Waals surface area contributed by atoms with E-state index >= 15 is 0 Å². The maximum absolute atomic E-state index is 13.0. The van der Waals surface area contributed by atoms with E-state index in [0.29, 0.717) is 24.2 Å². The topological polar surface area (TPSA) is 78.6 Å². The molecule has 2 aliphatic rings. The van der Waals surface area contributed by atoms with Gasteiger partial charge in [0.05, 0.1) is 13.0 Å². The second kappa shape index (κ2) is 6.63. The number of carbonyl (C=O) groups is 2. The van der Waals surface area contributed by atoms with Gasteiger partial charge < -0.3 is 15.2 Å². The lowest BCUT2D eigenvalue weighted by molar-refractivity contribution is -0.136. The molecule has 0 amide bonds. The maximum Gasteiger partial charge on any atom is 0.340 e. The second-order valence-corrected chi connectivity index (χ2v) is 7.68. The Morgan fingerprint density at radius 2 is 1.92 bits per heavy atom. The number of allylic oxidation sites excluding steroid dienone is 2. The van der Waals surface area contributed by atoms with Crippen LogP contribution in [0.15, 0.2) is 47.1 Å². The Balaban J connectivity index is 2.17. The van der Waals surface area contributed by atoms with Crippen LogP contribution in [0.1, 0.15) is 50.7 Å². The lowest BCUT2D eigenvalue weighted by Crippen LogP contribution is -2.35. The van der Waals surface area contributed by atoms with Gasteiger partial charge in [-0.3, -0.25) is 4.79 Å². The van der Waals surface area contributed by atoms with E-state index in [4.69, 9.17) is 15.2 Å². The number of nitrogens with two attached hydrogens (primary N) is 1. The smallest absolute Gasteiger partial charge is 0.340 e. The number of ether oxygens (including phenoxy) is 2. The van der Waals surface area contributed by atoms with E-state index in [1.807, 2.05) is 38.1 Å². The molecule has 1 heterocycles. The molecular formula is C21H25NO4. The SMILES string of the molecule is CCc1ccc([C@H]2C(C(=O)OC)=C(N)OC3=C2C(=O)CC(C)(C)C3)cc1. The zero-order valence-electron chi connectivity index (χ0n) is 15.7. The third-order valence-corrected chi connectivity index (χ3v) is 5.08. The molecule has 0 bridgehead atoms. The summed E-state index contributed by atoms with van der Waals surface area (Å²) >= 11 is 0. The Morgan fingerprint density at radius 3 is 2.50 bits per heavy atom. The summed E-state index contributed by atoms with van der Waals surface area (Å²) in [5.74, 6) is -0.543. The minimum absolute atomic E-state index is 0.00489. The number of aryl methyl sites for hydroxylation is 1. The number of carbonyl (C=O) groups excluding carboxylic acids is 2. The maximum atomic E-state index is 13.0. The summed E-state index contributed by atoms with van der Waals surface area (Å²) in [6.45, 7) is 6.13. The van der Waals surface area contributed by atoms with Crippen LogP contribution in [0.2, 0.25) is 0 Å². The van der Waals surface area contributed by atoms with E-state index in [0.717, 1.165) is 12.0 Å². The predicted molar refractivity (Wildman–Crippen MR) is 97.9 cm³/mol. The number of benzene rings is 1. The van der Waals surface area contributed by atoms with E-state index in [9.17, 15) is 9.59 Å². The zero-order chi connectivity index (χ0) is 19.1. The van der Waals surface area contributed by atoms with Gasteiger partial charge in [0, 0.05) is 18.4 Å². The highest BCUT2D eigenvalue weighted by Gasteiger charge is 2.44. The van der Waals surface area contributed by atoms with Crippen molar-refractivity contribution < 1.29 is 19.1 Å². The van der Waals surface area contributed by atoms with Crippen molar-refractivity contribution >= 4 is 11.8 Å². The van der Waals surface area contributed by atoms with Crippen LogP contribution in [0.4, 0.5) is 0 Å². The molecule has 0 spiro atoms. The molecule has 1 aromatic rings. The van der Waals surface area contributed by atoms with Crippen LogP contribution >= 0.6 is 0 Å². The summed E-state index contributed by atoms with van der Waals surface area (Å²) in [5.41, 5.74) is 8.65. The third-order valence-electron chi connectivity index (χ3n) is 5.08. The molecule has 1 aliphatic carbocycles. The van der Waals surface area contributed by atoms with Gasteiger partial charge in [0.2, 0.25) is 5.88 Å². The standard InChI is InChI=1S/C21H25NO4/c1-5-12-6-8-13(9-7-12)16-17-14(23)10-21(2,3)11-15(17)26-19(22)18(16)20(24)25-4/h6-9,16H,5,10-11,22H2,1-4H3/t16-/m1/s1. The lowest BCUT2D eigenvalue weighted by atomic mass is 9.70. The molecule has 138 valence electrons. The van der Waals surface area contributed by atoms with Crippen LogP contribution in [0, 0.1) is 5.41 Å². The fraction of sp³-hybridized carbons (Fsp3) is 0.429. The van der Waals surface area contributed by atoms with Gasteiger partial charge in [0.15, 0.2) is 5.78 Å². The molecule has 26 heavy (non-hydrogen) atoms. The minimum Gasteiger partial charge on any atom is -0.465 e. The number of rotatable bonds is 3. The van der Waals surface area contributed by atoms with E-state index in [-0.39, 0.29) is 22.7 Å². The number of hydrogen-bond acceptors (Lipinski definition) is 5. The highest BCUT2D eigenvalue weighted by molar-refractivity contribution is 6.03. The monoisotopic (exact) mass is 355 g/mol. The Kier molecular flexibility index (Phi) is 4.65. The molecule has 0 radical (unpaired) electrons. The number of ketones is 1. The largest absolute Gasteiger partial charge is 0.465 e. The van der Waals surface area contributed by atoms with Gasteiger partial charge in [0.25, 0.3) is 0 Å². The fourth-order valence-electron chi connectivity index (χ4n) is 3.77. The van der Waals surface area contributed by atoms with Gasteiger partial charge in [-0.1, -0.05) is 45.0 Å². The van der Waals surface area contributed by atoms with Crippen LogP contribution in [0.5, 0.6) is 0 Å². The number of hydrogen-bond donors (Lipinski definition) is 1. The van der Waals surface area contributed by atoms with E-state index < -0.39 is 11.9 Å². The molecule has 3 rings (SSSR count). The summed E-state index contributed by atoms with van der Waals surface area (Å²) in [7, 11) is 1.30. The zero-order valence-corrected chi connectivity index (χ0v) is 15.7. The first-order valence-electron chi connectivity index (χ1n) is 8.88. The van der Waals surface area contributed by atoms with Gasteiger partial charge in [0.1, 0.15) is 11.3 Å². The summed E-state index contributed by atoms with van der Waals surface area (Å²) in [4.78, 5) is 25.4. The molecule has 1 aliphatic heterocycles. The summed E-state index contributed by atoms with van der Waals surface area (Å²) in [6, 6.07) is 7.91. The Bertz CT molecular complexity index is 815. The van der Waals surface area contributed by atoms with Gasteiger partial charge >= 0.3 is 5.97 Å². The van der Waals surface area contributed by atoms with Crippen molar-refractivity contribution in [3.05, 3.63) is 58.2 Å². The Morgan fingerprint density at radius 1 is 1.27 bits per heavy atom. The number of methoxy groups -OCH3 is 1. The molecular weight excluding hydrogens is 330 g/mol. The van der Waals surface area contributed by atoms with Crippen LogP contribution in [-0.2, 0) is 25.5 Å². The molecule has 2 N–H and O–H groups in total. The summed E-state index contributed by atoms with van der Waals surface area (Å²) in [6.07, 6.45) is 1.93. The molecule has 5 heteroatoms. The average Bonchev–Trinajstić information content (AvgIpc) is 2.59. The molecule has 1 atom stereocenters. The molecule has 0 aromatic heterocycles. The summed E-state index contributed by atoms with van der Waals surface area (Å²) in [5, 5.41) is 0. The molecule has 0 saturated carbocycles. The first-order chi connectivity index (χ1) is 12.3.